The van der Waals surface area contributed by atoms with Crippen molar-refractivity contribution in [2.45, 2.75) is 51.3 Å². The lowest BCUT2D eigenvalue weighted by atomic mass is 9.70. The summed E-state index contributed by atoms with van der Waals surface area (Å²) in [6.07, 6.45) is 3.16. The van der Waals surface area contributed by atoms with E-state index in [4.69, 9.17) is 0 Å². The van der Waals surface area contributed by atoms with E-state index in [9.17, 15) is 5.11 Å². The van der Waals surface area contributed by atoms with Crippen LogP contribution in [0.15, 0.2) is 61.2 Å². The molecule has 2 aromatic rings. The van der Waals surface area contributed by atoms with Gasteiger partial charge in [-0.05, 0) is 37.8 Å². The molecule has 25 heavy (non-hydrogen) atoms. The Labute approximate surface area is 151 Å². The smallest absolute Gasteiger partial charge is 0.0743 e. The van der Waals surface area contributed by atoms with Crippen molar-refractivity contribution in [2.75, 3.05) is 0 Å². The number of nitrogens with one attached hydrogen (secondary N) is 1. The number of benzene rings is 2. The third-order valence-corrected chi connectivity index (χ3v) is 5.70. The number of rotatable bonds is 4. The number of aliphatic hydroxyl groups is 1. The summed E-state index contributed by atoms with van der Waals surface area (Å²) in [4.78, 5) is 0. The number of hydrogen-bond acceptors (Lipinski definition) is 2. The van der Waals surface area contributed by atoms with Crippen LogP contribution in [0, 0.1) is 19.8 Å². The third kappa shape index (κ3) is 3.70. The van der Waals surface area contributed by atoms with E-state index in [0.717, 1.165) is 0 Å². The topological polar surface area (TPSA) is 32.3 Å². The Kier molecular flexibility index (Phi) is 5.12. The maximum atomic E-state index is 11.4. The molecule has 2 N–H and O–H groups in total. The molecule has 2 nitrogen and oxygen atoms in total. The highest BCUT2D eigenvalue weighted by atomic mass is 16.3. The van der Waals surface area contributed by atoms with Crippen molar-refractivity contribution < 1.29 is 5.11 Å². The minimum Gasteiger partial charge on any atom is -0.389 e. The summed E-state index contributed by atoms with van der Waals surface area (Å²) >= 11 is 0. The minimum absolute atomic E-state index is 0.106. The predicted octanol–water partition coefficient (Wildman–Crippen LogP) is 5.02. The van der Waals surface area contributed by atoms with Crippen molar-refractivity contribution in [1.29, 1.82) is 0 Å². The van der Waals surface area contributed by atoms with Crippen molar-refractivity contribution in [3.05, 3.63) is 83.4 Å². The maximum Gasteiger partial charge on any atom is 0.0743 e. The molecule has 132 valence electrons. The highest BCUT2D eigenvalue weighted by Crippen LogP contribution is 2.44. The Morgan fingerprint density at radius 2 is 1.56 bits per heavy atom. The van der Waals surface area contributed by atoms with E-state index in [-0.39, 0.29) is 18.0 Å². The Hall–Kier alpha value is -1.90. The predicted molar refractivity (Wildman–Crippen MR) is 105 cm³/mol. The highest BCUT2D eigenvalue weighted by molar-refractivity contribution is 5.30. The van der Waals surface area contributed by atoms with Crippen LogP contribution in [0.5, 0.6) is 0 Å². The molecule has 0 bridgehead atoms. The second-order valence-electron chi connectivity index (χ2n) is 7.61. The average Bonchev–Trinajstić information content (AvgIpc) is 2.59. The van der Waals surface area contributed by atoms with Gasteiger partial charge in [-0.1, -0.05) is 72.7 Å². The molecule has 4 atom stereocenters. The van der Waals surface area contributed by atoms with E-state index in [2.05, 4.69) is 81.2 Å². The molecule has 0 spiro atoms. The third-order valence-electron chi connectivity index (χ3n) is 5.70. The summed E-state index contributed by atoms with van der Waals surface area (Å²) in [5.41, 5.74) is 4.22. The van der Waals surface area contributed by atoms with E-state index in [1.54, 1.807) is 0 Å². The van der Waals surface area contributed by atoms with Gasteiger partial charge in [-0.25, -0.2) is 0 Å². The fourth-order valence-electron chi connectivity index (χ4n) is 3.96. The maximum absolute atomic E-state index is 11.4. The van der Waals surface area contributed by atoms with Crippen LogP contribution >= 0.6 is 0 Å². The Bertz CT molecular complexity index is 719. The van der Waals surface area contributed by atoms with Crippen LogP contribution in [0.2, 0.25) is 0 Å². The zero-order chi connectivity index (χ0) is 18.0. The molecule has 0 saturated carbocycles. The van der Waals surface area contributed by atoms with E-state index in [0.29, 0.717) is 12.8 Å². The Morgan fingerprint density at radius 1 is 1.04 bits per heavy atom. The Balaban J connectivity index is 1.97. The molecule has 3 rings (SSSR count). The molecule has 2 aromatic carbocycles. The SMILES string of the molecule is C=CC[C@]1(O)C[C@@H](c2ccc(C)cc2)N[C@@H](c2ccc(C)cc2)[C@@H]1C. The van der Waals surface area contributed by atoms with E-state index < -0.39 is 5.60 Å². The zero-order valence-corrected chi connectivity index (χ0v) is 15.5. The summed E-state index contributed by atoms with van der Waals surface area (Å²) in [6.45, 7) is 10.2. The van der Waals surface area contributed by atoms with E-state index >= 15 is 0 Å². The van der Waals surface area contributed by atoms with Crippen LogP contribution < -0.4 is 5.32 Å². The van der Waals surface area contributed by atoms with Crippen molar-refractivity contribution >= 4 is 0 Å². The van der Waals surface area contributed by atoms with E-state index in [1.165, 1.54) is 22.3 Å². The molecule has 1 fully saturated rings. The van der Waals surface area contributed by atoms with Gasteiger partial charge in [0.1, 0.15) is 0 Å². The first-order valence-corrected chi connectivity index (χ1v) is 9.15. The molecule has 0 unspecified atom stereocenters. The van der Waals surface area contributed by atoms with Gasteiger partial charge in [0, 0.05) is 18.0 Å². The molecular formula is C23H29NO. The van der Waals surface area contributed by atoms with Gasteiger partial charge >= 0.3 is 0 Å². The summed E-state index contributed by atoms with van der Waals surface area (Å²) in [6, 6.07) is 17.5. The molecule has 2 heteroatoms. The lowest BCUT2D eigenvalue weighted by molar-refractivity contribution is -0.0654. The van der Waals surface area contributed by atoms with Crippen LogP contribution in [0.1, 0.15) is 54.1 Å². The average molecular weight is 335 g/mol. The van der Waals surface area contributed by atoms with Crippen molar-refractivity contribution in [2.24, 2.45) is 5.92 Å². The standard InChI is InChI=1S/C23H29NO/c1-5-14-23(25)15-21(19-10-6-16(2)7-11-19)24-22(18(23)4)20-12-8-17(3)9-13-20/h5-13,18,21-22,24-25H,1,14-15H2,2-4H3/t18-,21-,22+,23-/m0/s1. The monoisotopic (exact) mass is 335 g/mol. The molecule has 1 heterocycles. The van der Waals surface area contributed by atoms with Crippen LogP contribution in [0.3, 0.4) is 0 Å². The van der Waals surface area contributed by atoms with Gasteiger partial charge in [0.2, 0.25) is 0 Å². The minimum atomic E-state index is -0.752. The van der Waals surface area contributed by atoms with Gasteiger partial charge in [-0.2, -0.15) is 0 Å². The molecule has 0 aliphatic carbocycles. The molecule has 1 aliphatic heterocycles. The van der Waals surface area contributed by atoms with Gasteiger partial charge in [0.15, 0.2) is 0 Å². The summed E-state index contributed by atoms with van der Waals surface area (Å²) in [7, 11) is 0. The van der Waals surface area contributed by atoms with Crippen molar-refractivity contribution in [3.63, 3.8) is 0 Å². The van der Waals surface area contributed by atoms with Crippen LogP contribution in [0.25, 0.3) is 0 Å². The quantitative estimate of drug-likeness (QED) is 0.769. The summed E-state index contributed by atoms with van der Waals surface area (Å²) < 4.78 is 0. The number of hydrogen-bond donors (Lipinski definition) is 2. The Morgan fingerprint density at radius 3 is 2.08 bits per heavy atom. The highest BCUT2D eigenvalue weighted by Gasteiger charge is 2.45. The molecule has 1 saturated heterocycles. The van der Waals surface area contributed by atoms with Gasteiger partial charge < -0.3 is 10.4 Å². The fraction of sp³-hybridized carbons (Fsp3) is 0.391. The molecule has 0 radical (unpaired) electrons. The molecule has 0 amide bonds. The molecule has 0 aromatic heterocycles. The first kappa shape index (κ1) is 17.9. The van der Waals surface area contributed by atoms with Gasteiger partial charge in [0.25, 0.3) is 0 Å². The van der Waals surface area contributed by atoms with E-state index in [1.807, 2.05) is 6.08 Å². The largest absolute Gasteiger partial charge is 0.389 e. The normalized spacial score (nSPS) is 29.4. The first-order valence-electron chi connectivity index (χ1n) is 9.15. The second kappa shape index (κ2) is 7.15. The van der Waals surface area contributed by atoms with Crippen molar-refractivity contribution in [1.82, 2.24) is 5.32 Å². The fourth-order valence-corrected chi connectivity index (χ4v) is 3.96. The van der Waals surface area contributed by atoms with Crippen molar-refractivity contribution in [3.8, 4) is 0 Å². The number of aryl methyl sites for hydroxylation is 2. The van der Waals surface area contributed by atoms with Crippen LogP contribution in [-0.4, -0.2) is 10.7 Å². The lowest BCUT2D eigenvalue weighted by Crippen LogP contribution is -2.51. The second-order valence-corrected chi connectivity index (χ2v) is 7.61. The molecular weight excluding hydrogens is 306 g/mol. The van der Waals surface area contributed by atoms with Gasteiger partial charge in [-0.15, -0.1) is 6.58 Å². The zero-order valence-electron chi connectivity index (χ0n) is 15.5. The van der Waals surface area contributed by atoms with Crippen LogP contribution in [0.4, 0.5) is 0 Å². The lowest BCUT2D eigenvalue weighted by Gasteiger charge is -2.47. The summed E-state index contributed by atoms with van der Waals surface area (Å²) in [5, 5.41) is 15.2. The summed E-state index contributed by atoms with van der Waals surface area (Å²) in [5.74, 6) is 0.106. The van der Waals surface area contributed by atoms with Gasteiger partial charge in [-0.3, -0.25) is 0 Å². The molecule has 1 aliphatic rings. The van der Waals surface area contributed by atoms with Crippen LogP contribution in [-0.2, 0) is 0 Å². The number of piperidine rings is 1. The first-order chi connectivity index (χ1) is 11.9. The van der Waals surface area contributed by atoms with Gasteiger partial charge in [0.05, 0.1) is 5.60 Å².